The number of rotatable bonds is 5. The van der Waals surface area contributed by atoms with Crippen molar-refractivity contribution in [2.45, 2.75) is 64.4 Å². The molecule has 0 amide bonds. The minimum absolute atomic E-state index is 0.0947. The molecule has 2 heterocycles. The third-order valence-corrected chi connectivity index (χ3v) is 5.68. The first kappa shape index (κ1) is 19.0. The summed E-state index contributed by atoms with van der Waals surface area (Å²) in [5.74, 6) is 0.0294. The van der Waals surface area contributed by atoms with Gasteiger partial charge in [0.25, 0.3) is 0 Å². The number of halogens is 1. The van der Waals surface area contributed by atoms with Crippen LogP contribution >= 0.6 is 11.6 Å². The van der Waals surface area contributed by atoms with E-state index in [1.165, 1.54) is 32.4 Å². The predicted octanol–water partition coefficient (Wildman–Crippen LogP) is 4.42. The van der Waals surface area contributed by atoms with Crippen LogP contribution in [0.2, 0.25) is 5.02 Å². The van der Waals surface area contributed by atoms with E-state index >= 15 is 0 Å². The van der Waals surface area contributed by atoms with E-state index in [-0.39, 0.29) is 6.10 Å². The molecule has 0 saturated carbocycles. The Morgan fingerprint density at radius 3 is 2.68 bits per heavy atom. The van der Waals surface area contributed by atoms with Crippen molar-refractivity contribution >= 4 is 11.6 Å². The predicted molar refractivity (Wildman–Crippen MR) is 100 cm³/mol. The van der Waals surface area contributed by atoms with Gasteiger partial charge in [-0.2, -0.15) is 0 Å². The van der Waals surface area contributed by atoms with Gasteiger partial charge in [-0.25, -0.2) is 0 Å². The molecule has 0 aliphatic carbocycles. The second-order valence-electron chi connectivity index (χ2n) is 7.88. The summed E-state index contributed by atoms with van der Waals surface area (Å²) in [4.78, 5) is 2.49. The number of hydrogen-bond donors (Lipinski definition) is 0. The summed E-state index contributed by atoms with van der Waals surface area (Å²) < 4.78 is 18.7. The minimum atomic E-state index is -0.778. The van der Waals surface area contributed by atoms with Crippen LogP contribution in [0.4, 0.5) is 0 Å². The Kier molecular flexibility index (Phi) is 5.64. The Hall–Kier alpha value is -0.810. The molecule has 2 saturated heterocycles. The van der Waals surface area contributed by atoms with Gasteiger partial charge < -0.3 is 19.1 Å². The Bertz CT molecular complexity index is 601. The monoisotopic (exact) mass is 367 g/mol. The quantitative estimate of drug-likeness (QED) is 0.770. The van der Waals surface area contributed by atoms with Gasteiger partial charge in [-0.1, -0.05) is 18.0 Å². The van der Waals surface area contributed by atoms with Crippen LogP contribution in [0.15, 0.2) is 18.2 Å². The molecule has 2 aliphatic heterocycles. The highest BCUT2D eigenvalue weighted by molar-refractivity contribution is 6.30. The molecule has 0 bridgehead atoms. The first-order valence-electron chi connectivity index (χ1n) is 9.28. The molecule has 3 rings (SSSR count). The molecule has 2 atom stereocenters. The minimum Gasteiger partial charge on any atom is -0.482 e. The van der Waals surface area contributed by atoms with E-state index in [4.69, 9.17) is 25.8 Å². The molecule has 2 unspecified atom stereocenters. The normalized spacial score (nSPS) is 28.3. The molecule has 1 aromatic carbocycles. The third-order valence-electron chi connectivity index (χ3n) is 5.44. The smallest absolute Gasteiger partial charge is 0.205 e. The van der Waals surface area contributed by atoms with Crippen LogP contribution in [0.5, 0.6) is 5.75 Å². The van der Waals surface area contributed by atoms with E-state index in [0.29, 0.717) is 11.6 Å². The highest BCUT2D eigenvalue weighted by atomic mass is 35.5. The maximum atomic E-state index is 6.34. The molecule has 0 spiro atoms. The van der Waals surface area contributed by atoms with Crippen LogP contribution in [0.25, 0.3) is 0 Å². The topological polar surface area (TPSA) is 30.9 Å². The van der Waals surface area contributed by atoms with Crippen LogP contribution in [-0.4, -0.2) is 48.6 Å². The number of ether oxygens (including phenoxy) is 3. The van der Waals surface area contributed by atoms with Crippen molar-refractivity contribution in [2.75, 3.05) is 26.2 Å². The van der Waals surface area contributed by atoms with Crippen molar-refractivity contribution in [1.29, 1.82) is 0 Å². The van der Waals surface area contributed by atoms with Crippen LogP contribution in [0.1, 0.15) is 45.6 Å². The van der Waals surface area contributed by atoms with E-state index in [0.717, 1.165) is 17.9 Å². The zero-order valence-electron chi connectivity index (χ0n) is 15.8. The summed E-state index contributed by atoms with van der Waals surface area (Å²) in [6.07, 6.45) is 4.01. The van der Waals surface area contributed by atoms with Gasteiger partial charge in [0.15, 0.2) is 5.60 Å². The van der Waals surface area contributed by atoms with Crippen molar-refractivity contribution in [3.8, 4) is 5.75 Å². The van der Waals surface area contributed by atoms with Gasteiger partial charge in [-0.3, -0.25) is 0 Å². The van der Waals surface area contributed by atoms with E-state index in [1.807, 2.05) is 45.9 Å². The van der Waals surface area contributed by atoms with E-state index in [1.54, 1.807) is 0 Å². The number of hydrogen-bond acceptors (Lipinski definition) is 4. The van der Waals surface area contributed by atoms with E-state index < -0.39 is 11.4 Å². The highest BCUT2D eigenvalue weighted by Gasteiger charge is 2.51. The molecule has 2 aliphatic rings. The summed E-state index contributed by atoms with van der Waals surface area (Å²) in [6, 6.07) is 5.66. The summed E-state index contributed by atoms with van der Waals surface area (Å²) in [7, 11) is 0. The van der Waals surface area contributed by atoms with Crippen molar-refractivity contribution in [3.63, 3.8) is 0 Å². The standard InChI is InChI=1S/C20H30ClNO3/c1-15-12-16(21)8-9-18(15)25-19(2,3)20(4)23-14-17(24-20)13-22-10-6-5-7-11-22/h8-9,12,17H,5-7,10-11,13-14H2,1-4H3. The van der Waals surface area contributed by atoms with Gasteiger partial charge in [0.05, 0.1) is 12.7 Å². The fourth-order valence-corrected chi connectivity index (χ4v) is 3.80. The number of aryl methyl sites for hydroxylation is 1. The van der Waals surface area contributed by atoms with E-state index in [9.17, 15) is 0 Å². The highest BCUT2D eigenvalue weighted by Crippen LogP contribution is 2.38. The molecule has 0 aromatic heterocycles. The molecule has 5 heteroatoms. The Balaban J connectivity index is 1.64. The number of nitrogens with zero attached hydrogens (tertiary/aromatic N) is 1. The Morgan fingerprint density at radius 2 is 2.00 bits per heavy atom. The van der Waals surface area contributed by atoms with Crippen molar-refractivity contribution in [2.24, 2.45) is 0 Å². The second-order valence-corrected chi connectivity index (χ2v) is 8.32. The van der Waals surface area contributed by atoms with Gasteiger partial charge >= 0.3 is 0 Å². The Morgan fingerprint density at radius 1 is 1.28 bits per heavy atom. The number of likely N-dealkylation sites (tertiary alicyclic amines) is 1. The summed E-state index contributed by atoms with van der Waals surface area (Å²) in [6.45, 7) is 11.9. The molecule has 0 radical (unpaired) electrons. The largest absolute Gasteiger partial charge is 0.482 e. The maximum absolute atomic E-state index is 6.34. The van der Waals surface area contributed by atoms with Gasteiger partial charge in [-0.05, 0) is 77.4 Å². The third kappa shape index (κ3) is 4.30. The van der Waals surface area contributed by atoms with E-state index in [2.05, 4.69) is 4.90 Å². The average molecular weight is 368 g/mol. The molecular weight excluding hydrogens is 338 g/mol. The van der Waals surface area contributed by atoms with Crippen LogP contribution in [0.3, 0.4) is 0 Å². The van der Waals surface area contributed by atoms with Crippen LogP contribution < -0.4 is 4.74 Å². The molecule has 25 heavy (non-hydrogen) atoms. The molecule has 4 nitrogen and oxygen atoms in total. The van der Waals surface area contributed by atoms with Gasteiger partial charge in [-0.15, -0.1) is 0 Å². The van der Waals surface area contributed by atoms with Crippen molar-refractivity contribution in [1.82, 2.24) is 4.90 Å². The zero-order chi connectivity index (χ0) is 18.1. The molecule has 140 valence electrons. The molecule has 0 N–H and O–H groups in total. The summed E-state index contributed by atoms with van der Waals surface area (Å²) in [5.41, 5.74) is 0.384. The second kappa shape index (κ2) is 7.43. The lowest BCUT2D eigenvalue weighted by molar-refractivity contribution is -0.243. The lowest BCUT2D eigenvalue weighted by atomic mass is 9.98. The van der Waals surface area contributed by atoms with Gasteiger partial charge in [0.1, 0.15) is 5.75 Å². The first-order chi connectivity index (χ1) is 11.8. The average Bonchev–Trinajstić information content (AvgIpc) is 2.94. The van der Waals surface area contributed by atoms with Crippen molar-refractivity contribution in [3.05, 3.63) is 28.8 Å². The van der Waals surface area contributed by atoms with Crippen LogP contribution in [0, 0.1) is 6.92 Å². The van der Waals surface area contributed by atoms with Crippen molar-refractivity contribution < 1.29 is 14.2 Å². The summed E-state index contributed by atoms with van der Waals surface area (Å²) >= 11 is 6.04. The SMILES string of the molecule is Cc1cc(Cl)ccc1OC(C)(C)C1(C)OCC(CN2CCCCC2)O1. The zero-order valence-corrected chi connectivity index (χ0v) is 16.6. The maximum Gasteiger partial charge on any atom is 0.205 e. The number of piperidine rings is 1. The fraction of sp³-hybridized carbons (Fsp3) is 0.700. The first-order valence-corrected chi connectivity index (χ1v) is 9.66. The Labute approximate surface area is 156 Å². The lowest BCUT2D eigenvalue weighted by Crippen LogP contribution is -2.53. The fourth-order valence-electron chi connectivity index (χ4n) is 3.57. The molecular formula is C20H30ClNO3. The lowest BCUT2D eigenvalue weighted by Gasteiger charge is -2.40. The van der Waals surface area contributed by atoms with Gasteiger partial charge in [0.2, 0.25) is 5.79 Å². The summed E-state index contributed by atoms with van der Waals surface area (Å²) in [5, 5.41) is 0.712. The van der Waals surface area contributed by atoms with Gasteiger partial charge in [0, 0.05) is 11.6 Å². The molecule has 2 fully saturated rings. The molecule has 1 aromatic rings. The number of benzene rings is 1. The van der Waals surface area contributed by atoms with Crippen LogP contribution in [-0.2, 0) is 9.47 Å².